The molecule has 0 amide bonds. The number of H-pyrrole nitrogens is 1. The van der Waals surface area contributed by atoms with Gasteiger partial charge in [-0.15, -0.1) is 0 Å². The fourth-order valence-corrected chi connectivity index (χ4v) is 2.90. The number of nitrogens with one attached hydrogen (secondary N) is 2. The molecule has 4 nitrogen and oxygen atoms in total. The van der Waals surface area contributed by atoms with Gasteiger partial charge in [-0.3, -0.25) is 10.1 Å². The van der Waals surface area contributed by atoms with Gasteiger partial charge in [-0.05, 0) is 25.5 Å². The Hall–Kier alpha value is -1.88. The third kappa shape index (κ3) is 1.73. The van der Waals surface area contributed by atoms with E-state index in [1.165, 1.54) is 6.07 Å². The molecular weight excluding hydrogens is 247 g/mol. The Bertz CT molecular complexity index is 675. The maximum absolute atomic E-state index is 13.8. The molecule has 0 fully saturated rings. The van der Waals surface area contributed by atoms with Crippen LogP contribution < -0.4 is 5.32 Å². The molecule has 19 heavy (non-hydrogen) atoms. The molecule has 1 aliphatic heterocycles. The van der Waals surface area contributed by atoms with Crippen LogP contribution in [0.25, 0.3) is 10.9 Å². The van der Waals surface area contributed by atoms with Crippen LogP contribution in [0, 0.1) is 5.82 Å². The number of aliphatic carboxylic acids is 1. The molecule has 100 valence electrons. The van der Waals surface area contributed by atoms with E-state index >= 15 is 0 Å². The largest absolute Gasteiger partial charge is 0.480 e. The average molecular weight is 262 g/mol. The van der Waals surface area contributed by atoms with Gasteiger partial charge in [-0.2, -0.15) is 0 Å². The maximum atomic E-state index is 13.8. The third-order valence-electron chi connectivity index (χ3n) is 3.76. The van der Waals surface area contributed by atoms with Crippen LogP contribution in [-0.4, -0.2) is 22.1 Å². The van der Waals surface area contributed by atoms with Crippen LogP contribution in [-0.2, 0) is 16.8 Å². The van der Waals surface area contributed by atoms with Crippen molar-refractivity contribution in [2.24, 2.45) is 0 Å². The highest BCUT2D eigenvalue weighted by Gasteiger charge is 2.38. The van der Waals surface area contributed by atoms with Gasteiger partial charge < -0.3 is 10.1 Å². The van der Waals surface area contributed by atoms with Gasteiger partial charge in [-0.25, -0.2) is 4.39 Å². The van der Waals surface area contributed by atoms with Crippen LogP contribution in [0.4, 0.5) is 4.39 Å². The second-order valence-corrected chi connectivity index (χ2v) is 5.51. The summed E-state index contributed by atoms with van der Waals surface area (Å²) in [7, 11) is 0. The summed E-state index contributed by atoms with van der Waals surface area (Å²) in [4.78, 5) is 14.3. The second-order valence-electron chi connectivity index (χ2n) is 5.51. The van der Waals surface area contributed by atoms with Gasteiger partial charge in [0.1, 0.15) is 11.9 Å². The minimum Gasteiger partial charge on any atom is -0.480 e. The second kappa shape index (κ2) is 3.81. The highest BCUT2D eigenvalue weighted by molar-refractivity contribution is 5.87. The summed E-state index contributed by atoms with van der Waals surface area (Å²) in [6.45, 7) is 3.79. The number of rotatable bonds is 1. The zero-order chi connectivity index (χ0) is 13.8. The van der Waals surface area contributed by atoms with Crippen LogP contribution in [0.3, 0.4) is 0 Å². The number of carboxylic acid groups (broad SMARTS) is 1. The van der Waals surface area contributed by atoms with E-state index in [1.54, 1.807) is 6.07 Å². The number of fused-ring (bicyclic) bond motifs is 3. The number of para-hydroxylation sites is 1. The zero-order valence-corrected chi connectivity index (χ0v) is 10.7. The number of hydrogen-bond acceptors (Lipinski definition) is 2. The van der Waals surface area contributed by atoms with Gasteiger partial charge in [0.2, 0.25) is 0 Å². The number of carbonyl (C=O) groups is 1. The third-order valence-corrected chi connectivity index (χ3v) is 3.76. The Labute approximate surface area is 109 Å². The minimum atomic E-state index is -0.885. The Balaban J connectivity index is 2.26. The number of halogens is 1. The molecule has 1 atom stereocenters. The van der Waals surface area contributed by atoms with Gasteiger partial charge in [0.05, 0.1) is 11.1 Å². The molecule has 0 spiro atoms. The minimum absolute atomic E-state index is 0.311. The quantitative estimate of drug-likeness (QED) is 0.737. The van der Waals surface area contributed by atoms with E-state index in [1.807, 2.05) is 19.9 Å². The van der Waals surface area contributed by atoms with Gasteiger partial charge in [0, 0.05) is 17.5 Å². The SMILES string of the molecule is CC1(C)NC(C(=O)O)Cc2c1[nH]c1c(F)cccc21. The standard InChI is InChI=1S/C14H15FN2O2/c1-14(2)12-8(6-10(17-14)13(18)19)7-4-3-5-9(15)11(7)16-12/h3-5,10,16-17H,6H2,1-2H3,(H,18,19). The lowest BCUT2D eigenvalue weighted by Gasteiger charge is -2.35. The van der Waals surface area contributed by atoms with E-state index in [9.17, 15) is 14.3 Å². The summed E-state index contributed by atoms with van der Waals surface area (Å²) in [6, 6.07) is 4.23. The zero-order valence-electron chi connectivity index (χ0n) is 10.7. The number of aromatic nitrogens is 1. The van der Waals surface area contributed by atoms with Gasteiger partial charge >= 0.3 is 5.97 Å². The summed E-state index contributed by atoms with van der Waals surface area (Å²) < 4.78 is 13.8. The van der Waals surface area contributed by atoms with Gasteiger partial charge in [-0.1, -0.05) is 12.1 Å². The molecule has 5 heteroatoms. The molecule has 0 radical (unpaired) electrons. The molecular formula is C14H15FN2O2. The fourth-order valence-electron chi connectivity index (χ4n) is 2.90. The smallest absolute Gasteiger partial charge is 0.321 e. The Morgan fingerprint density at radius 1 is 1.47 bits per heavy atom. The van der Waals surface area contributed by atoms with E-state index in [4.69, 9.17) is 0 Å². The highest BCUT2D eigenvalue weighted by Crippen LogP contribution is 2.35. The first-order valence-electron chi connectivity index (χ1n) is 6.20. The molecule has 2 heterocycles. The molecule has 1 aromatic heterocycles. The molecule has 0 bridgehead atoms. The Morgan fingerprint density at radius 3 is 2.89 bits per heavy atom. The van der Waals surface area contributed by atoms with E-state index in [0.29, 0.717) is 11.9 Å². The van der Waals surface area contributed by atoms with Crippen LogP contribution >= 0.6 is 0 Å². The normalized spacial score (nSPS) is 21.3. The lowest BCUT2D eigenvalue weighted by Crippen LogP contribution is -2.52. The van der Waals surface area contributed by atoms with Crippen LogP contribution in [0.1, 0.15) is 25.1 Å². The molecule has 1 aromatic carbocycles. The Kier molecular flexibility index (Phi) is 2.44. The predicted octanol–water partition coefficient (Wildman–Crippen LogP) is 2.14. The first-order valence-corrected chi connectivity index (χ1v) is 6.20. The van der Waals surface area contributed by atoms with Crippen molar-refractivity contribution >= 4 is 16.9 Å². The van der Waals surface area contributed by atoms with Crippen LogP contribution in [0.5, 0.6) is 0 Å². The molecule has 1 aliphatic rings. The maximum Gasteiger partial charge on any atom is 0.321 e. The van der Waals surface area contributed by atoms with Crippen molar-refractivity contribution in [1.82, 2.24) is 10.3 Å². The van der Waals surface area contributed by atoms with E-state index in [0.717, 1.165) is 16.6 Å². The molecule has 3 N–H and O–H groups in total. The topological polar surface area (TPSA) is 65.1 Å². The van der Waals surface area contributed by atoms with Gasteiger partial charge in [0.15, 0.2) is 0 Å². The predicted molar refractivity (Wildman–Crippen MR) is 69.5 cm³/mol. The number of benzene rings is 1. The lowest BCUT2D eigenvalue weighted by atomic mass is 9.86. The monoisotopic (exact) mass is 262 g/mol. The lowest BCUT2D eigenvalue weighted by molar-refractivity contribution is -0.140. The average Bonchev–Trinajstić information content (AvgIpc) is 2.70. The summed E-state index contributed by atoms with van der Waals surface area (Å²) in [5.41, 5.74) is 1.69. The molecule has 2 aromatic rings. The van der Waals surface area contributed by atoms with Gasteiger partial charge in [0.25, 0.3) is 0 Å². The fraction of sp³-hybridized carbons (Fsp3) is 0.357. The van der Waals surface area contributed by atoms with E-state index in [2.05, 4.69) is 10.3 Å². The number of hydrogen-bond donors (Lipinski definition) is 3. The summed E-state index contributed by atoms with van der Waals surface area (Å²) in [5.74, 6) is -1.20. The van der Waals surface area contributed by atoms with E-state index in [-0.39, 0.29) is 5.82 Å². The molecule has 0 aliphatic carbocycles. The van der Waals surface area contributed by atoms with Crippen molar-refractivity contribution in [3.63, 3.8) is 0 Å². The van der Waals surface area contributed by atoms with Crippen molar-refractivity contribution < 1.29 is 14.3 Å². The van der Waals surface area contributed by atoms with Crippen molar-refractivity contribution in [2.45, 2.75) is 31.8 Å². The summed E-state index contributed by atoms with van der Waals surface area (Å²) in [6.07, 6.45) is 0.359. The van der Waals surface area contributed by atoms with Crippen LogP contribution in [0.2, 0.25) is 0 Å². The molecule has 3 rings (SSSR count). The van der Waals surface area contributed by atoms with E-state index < -0.39 is 17.6 Å². The molecule has 0 saturated carbocycles. The van der Waals surface area contributed by atoms with Crippen molar-refractivity contribution in [3.05, 3.63) is 35.3 Å². The summed E-state index contributed by atoms with van der Waals surface area (Å²) in [5, 5.41) is 13.1. The van der Waals surface area contributed by atoms with Crippen molar-refractivity contribution in [1.29, 1.82) is 0 Å². The number of carboxylic acids is 1. The van der Waals surface area contributed by atoms with Crippen molar-refractivity contribution in [3.8, 4) is 0 Å². The number of aromatic amines is 1. The first kappa shape index (κ1) is 12.2. The first-order chi connectivity index (χ1) is 8.90. The Morgan fingerprint density at radius 2 is 2.21 bits per heavy atom. The molecule has 1 unspecified atom stereocenters. The van der Waals surface area contributed by atoms with Crippen molar-refractivity contribution in [2.75, 3.05) is 0 Å². The van der Waals surface area contributed by atoms with Crippen LogP contribution in [0.15, 0.2) is 18.2 Å². The highest BCUT2D eigenvalue weighted by atomic mass is 19.1. The summed E-state index contributed by atoms with van der Waals surface area (Å²) >= 11 is 0. The molecule has 0 saturated heterocycles.